The van der Waals surface area contributed by atoms with Crippen molar-refractivity contribution in [1.29, 1.82) is 0 Å². The minimum Gasteiger partial charge on any atom is -0.313 e. The molecule has 86 valence electrons. The Kier molecular flexibility index (Phi) is 4.68. The van der Waals surface area contributed by atoms with Crippen LogP contribution in [0.25, 0.3) is 0 Å². The molecule has 0 fully saturated rings. The summed E-state index contributed by atoms with van der Waals surface area (Å²) in [5.74, 6) is 0. The van der Waals surface area contributed by atoms with Crippen molar-refractivity contribution in [2.45, 2.75) is 39.8 Å². The van der Waals surface area contributed by atoms with Crippen molar-refractivity contribution in [2.75, 3.05) is 6.54 Å². The Balaban J connectivity index is 2.73. The van der Waals surface area contributed by atoms with E-state index in [1.165, 1.54) is 10.9 Å². The van der Waals surface area contributed by atoms with E-state index in [1.807, 2.05) is 13.8 Å². The number of rotatable bonds is 6. The molecule has 15 heavy (non-hydrogen) atoms. The molecular formula is C10H17F2N3. The minimum atomic E-state index is -2.45. The zero-order valence-corrected chi connectivity index (χ0v) is 9.13. The summed E-state index contributed by atoms with van der Waals surface area (Å²) in [6, 6.07) is 0. The first-order valence-corrected chi connectivity index (χ1v) is 5.24. The summed E-state index contributed by atoms with van der Waals surface area (Å²) in [7, 11) is 0. The highest BCUT2D eigenvalue weighted by atomic mass is 19.3. The first-order chi connectivity index (χ1) is 7.20. The van der Waals surface area contributed by atoms with Crippen LogP contribution in [0.5, 0.6) is 0 Å². The van der Waals surface area contributed by atoms with Gasteiger partial charge in [0.25, 0.3) is 6.43 Å². The second kappa shape index (κ2) is 5.80. The maximum Gasteiger partial charge on any atom is 0.280 e. The highest BCUT2D eigenvalue weighted by molar-refractivity contribution is 5.18. The molecule has 1 rings (SSSR count). The van der Waals surface area contributed by atoms with Crippen LogP contribution in [0.4, 0.5) is 8.78 Å². The lowest BCUT2D eigenvalue weighted by Gasteiger charge is -2.07. The monoisotopic (exact) mass is 217 g/mol. The van der Waals surface area contributed by atoms with Crippen molar-refractivity contribution in [3.63, 3.8) is 0 Å². The van der Waals surface area contributed by atoms with Gasteiger partial charge in [-0.15, -0.1) is 0 Å². The molecule has 0 saturated heterocycles. The van der Waals surface area contributed by atoms with Crippen molar-refractivity contribution in [2.24, 2.45) is 0 Å². The predicted molar refractivity (Wildman–Crippen MR) is 54.9 cm³/mol. The molecule has 3 nitrogen and oxygen atoms in total. The smallest absolute Gasteiger partial charge is 0.280 e. The molecule has 0 spiro atoms. The fourth-order valence-electron chi connectivity index (χ4n) is 1.47. The van der Waals surface area contributed by atoms with Crippen LogP contribution < -0.4 is 5.32 Å². The van der Waals surface area contributed by atoms with E-state index < -0.39 is 6.43 Å². The zero-order chi connectivity index (χ0) is 11.3. The van der Waals surface area contributed by atoms with Crippen molar-refractivity contribution in [1.82, 2.24) is 15.1 Å². The quantitative estimate of drug-likeness (QED) is 0.741. The first kappa shape index (κ1) is 12.1. The summed E-state index contributed by atoms with van der Waals surface area (Å²) in [6.07, 6.45) is 0.0606. The van der Waals surface area contributed by atoms with Crippen LogP contribution in [-0.2, 0) is 13.1 Å². The molecular weight excluding hydrogens is 200 g/mol. The van der Waals surface area contributed by atoms with Crippen LogP contribution >= 0.6 is 0 Å². The molecule has 0 radical (unpaired) electrons. The van der Waals surface area contributed by atoms with Gasteiger partial charge < -0.3 is 5.32 Å². The van der Waals surface area contributed by atoms with Crippen molar-refractivity contribution >= 4 is 0 Å². The molecule has 1 N–H and O–H groups in total. The topological polar surface area (TPSA) is 29.9 Å². The Morgan fingerprint density at radius 3 is 2.73 bits per heavy atom. The van der Waals surface area contributed by atoms with Gasteiger partial charge in [-0.3, -0.25) is 4.68 Å². The summed E-state index contributed by atoms with van der Waals surface area (Å²) < 4.78 is 26.8. The average Bonchev–Trinajstić information content (AvgIpc) is 2.61. The number of aryl methyl sites for hydroxylation is 1. The van der Waals surface area contributed by atoms with Gasteiger partial charge in [0.15, 0.2) is 0 Å². The summed E-state index contributed by atoms with van der Waals surface area (Å²) >= 11 is 0. The Morgan fingerprint density at radius 1 is 1.47 bits per heavy atom. The molecule has 0 amide bonds. The third kappa shape index (κ3) is 2.99. The van der Waals surface area contributed by atoms with Crippen molar-refractivity contribution in [3.8, 4) is 0 Å². The van der Waals surface area contributed by atoms with Gasteiger partial charge in [0.05, 0.1) is 6.20 Å². The normalized spacial score (nSPS) is 11.3. The van der Waals surface area contributed by atoms with Gasteiger partial charge >= 0.3 is 0 Å². The molecule has 0 atom stereocenters. The van der Waals surface area contributed by atoms with Gasteiger partial charge in [0.1, 0.15) is 5.69 Å². The zero-order valence-electron chi connectivity index (χ0n) is 9.13. The average molecular weight is 217 g/mol. The number of nitrogens with zero attached hydrogens (tertiary/aromatic N) is 2. The Hall–Kier alpha value is -0.970. The lowest BCUT2D eigenvalue weighted by Crippen LogP contribution is -2.15. The van der Waals surface area contributed by atoms with E-state index in [9.17, 15) is 8.78 Å². The largest absolute Gasteiger partial charge is 0.313 e. The van der Waals surface area contributed by atoms with E-state index >= 15 is 0 Å². The van der Waals surface area contributed by atoms with Crippen LogP contribution in [0, 0.1) is 0 Å². The van der Waals surface area contributed by atoms with Gasteiger partial charge in [-0.25, -0.2) is 8.78 Å². The number of hydrogen-bond donors (Lipinski definition) is 1. The van der Waals surface area contributed by atoms with Crippen LogP contribution in [0.3, 0.4) is 0 Å². The second-order valence-electron chi connectivity index (χ2n) is 3.35. The first-order valence-electron chi connectivity index (χ1n) is 5.24. The van der Waals surface area contributed by atoms with Gasteiger partial charge in [-0.05, 0) is 19.9 Å². The standard InChI is InChI=1S/C10H17F2N3/c1-3-5-13-6-8-7-14-15(4-2)9(8)10(11)12/h7,10,13H,3-6H2,1-2H3. The second-order valence-corrected chi connectivity index (χ2v) is 3.35. The highest BCUT2D eigenvalue weighted by Crippen LogP contribution is 2.22. The van der Waals surface area contributed by atoms with E-state index in [2.05, 4.69) is 10.4 Å². The molecule has 1 aromatic rings. The molecule has 0 unspecified atom stereocenters. The molecule has 0 aliphatic carbocycles. The summed E-state index contributed by atoms with van der Waals surface area (Å²) in [4.78, 5) is 0. The molecule has 0 saturated carbocycles. The number of hydrogen-bond acceptors (Lipinski definition) is 2. The van der Waals surface area contributed by atoms with E-state index in [-0.39, 0.29) is 5.69 Å². The maximum absolute atomic E-state index is 12.7. The Bertz CT molecular complexity index is 297. The molecule has 0 bridgehead atoms. The van der Waals surface area contributed by atoms with Crippen LogP contribution in [0.2, 0.25) is 0 Å². The van der Waals surface area contributed by atoms with Crippen LogP contribution in [-0.4, -0.2) is 16.3 Å². The number of nitrogens with one attached hydrogen (secondary N) is 1. The molecule has 0 aliphatic heterocycles. The van der Waals surface area contributed by atoms with Gasteiger partial charge in [0.2, 0.25) is 0 Å². The molecule has 1 heterocycles. The van der Waals surface area contributed by atoms with Crippen LogP contribution in [0.1, 0.15) is 38.0 Å². The van der Waals surface area contributed by atoms with Crippen molar-refractivity contribution in [3.05, 3.63) is 17.5 Å². The lowest BCUT2D eigenvalue weighted by atomic mass is 10.2. The third-order valence-corrected chi connectivity index (χ3v) is 2.21. The summed E-state index contributed by atoms with van der Waals surface area (Å²) in [5.41, 5.74) is 0.640. The number of halogens is 2. The molecule has 0 aromatic carbocycles. The van der Waals surface area contributed by atoms with Crippen molar-refractivity contribution < 1.29 is 8.78 Å². The minimum absolute atomic E-state index is 0.0427. The Morgan fingerprint density at radius 2 is 2.20 bits per heavy atom. The van der Waals surface area contributed by atoms with Crippen LogP contribution in [0.15, 0.2) is 6.20 Å². The summed E-state index contributed by atoms with van der Waals surface area (Å²) in [6.45, 7) is 5.62. The Labute approximate surface area is 88.5 Å². The van der Waals surface area contributed by atoms with E-state index in [0.29, 0.717) is 18.7 Å². The molecule has 1 aromatic heterocycles. The third-order valence-electron chi connectivity index (χ3n) is 2.21. The molecule has 0 aliphatic rings. The van der Waals surface area contributed by atoms with Gasteiger partial charge in [0, 0.05) is 18.7 Å². The lowest BCUT2D eigenvalue weighted by molar-refractivity contribution is 0.138. The number of aromatic nitrogens is 2. The van der Waals surface area contributed by atoms with E-state index in [0.717, 1.165) is 13.0 Å². The summed E-state index contributed by atoms with van der Waals surface area (Å²) in [5, 5.41) is 7.03. The fourth-order valence-corrected chi connectivity index (χ4v) is 1.47. The maximum atomic E-state index is 12.7. The molecule has 5 heteroatoms. The predicted octanol–water partition coefficient (Wildman–Crippen LogP) is 2.34. The number of alkyl halides is 2. The SMILES string of the molecule is CCCNCc1cnn(CC)c1C(F)F. The van der Waals surface area contributed by atoms with Gasteiger partial charge in [-0.1, -0.05) is 6.92 Å². The van der Waals surface area contributed by atoms with Gasteiger partial charge in [-0.2, -0.15) is 5.10 Å². The fraction of sp³-hybridized carbons (Fsp3) is 0.700. The van der Waals surface area contributed by atoms with E-state index in [1.54, 1.807) is 0 Å². The highest BCUT2D eigenvalue weighted by Gasteiger charge is 2.18. The van der Waals surface area contributed by atoms with E-state index in [4.69, 9.17) is 0 Å².